The van der Waals surface area contributed by atoms with Crippen LogP contribution in [0, 0.1) is 0 Å². The Balaban J connectivity index is 3.84. The van der Waals surface area contributed by atoms with Gasteiger partial charge in [0.2, 0.25) is 0 Å². The first-order valence-corrected chi connectivity index (χ1v) is 5.99. The summed E-state index contributed by atoms with van der Waals surface area (Å²) in [6.45, 7) is 3.28. The highest BCUT2D eigenvalue weighted by molar-refractivity contribution is 7.59. The zero-order valence-corrected chi connectivity index (χ0v) is 8.18. The molecule has 11 heavy (non-hydrogen) atoms. The minimum absolute atomic E-state index is 0.0683. The molecule has 0 heterocycles. The van der Waals surface area contributed by atoms with Crippen molar-refractivity contribution in [2.75, 3.05) is 12.8 Å². The predicted molar refractivity (Wildman–Crippen MR) is 40.7 cm³/mol. The van der Waals surface area contributed by atoms with Gasteiger partial charge in [0.15, 0.2) is 0 Å². The maximum atomic E-state index is 10.7. The summed E-state index contributed by atoms with van der Waals surface area (Å²) in [5.41, 5.74) is 0. The Labute approximate surface area is 66.2 Å². The summed E-state index contributed by atoms with van der Waals surface area (Å²) in [6.07, 6.45) is -0.0683. The van der Waals surface area contributed by atoms with E-state index in [4.69, 9.17) is 4.89 Å². The molecule has 7 heteroatoms. The standard InChI is InChI=1S/C4H10O5P2/c1-3-8-10(5)9-11(6,7)4-2/h3-4H2,1-2H3/p+1. The van der Waals surface area contributed by atoms with Crippen molar-refractivity contribution in [3.63, 3.8) is 0 Å². The van der Waals surface area contributed by atoms with Crippen LogP contribution in [0.3, 0.4) is 0 Å². The van der Waals surface area contributed by atoms with Gasteiger partial charge in [0.05, 0.1) is 6.16 Å². The topological polar surface area (TPSA) is 72.8 Å². The Morgan fingerprint density at radius 2 is 2.09 bits per heavy atom. The summed E-state index contributed by atoms with van der Waals surface area (Å²) in [6, 6.07) is 0. The van der Waals surface area contributed by atoms with Gasteiger partial charge in [0.1, 0.15) is 6.61 Å². The number of rotatable bonds is 5. The Morgan fingerprint density at radius 1 is 1.55 bits per heavy atom. The van der Waals surface area contributed by atoms with E-state index in [1.165, 1.54) is 6.92 Å². The molecule has 0 aromatic carbocycles. The molecule has 0 aromatic heterocycles. The van der Waals surface area contributed by atoms with E-state index < -0.39 is 15.9 Å². The highest BCUT2D eigenvalue weighted by atomic mass is 31.2. The van der Waals surface area contributed by atoms with Crippen LogP contribution in [-0.4, -0.2) is 17.7 Å². The molecule has 0 bridgehead atoms. The van der Waals surface area contributed by atoms with Crippen LogP contribution in [0.4, 0.5) is 0 Å². The van der Waals surface area contributed by atoms with E-state index in [1.54, 1.807) is 6.92 Å². The third-order valence-corrected chi connectivity index (χ3v) is 3.65. The van der Waals surface area contributed by atoms with Gasteiger partial charge in [-0.25, -0.2) is 0 Å². The molecule has 5 nitrogen and oxygen atoms in total. The van der Waals surface area contributed by atoms with Crippen molar-refractivity contribution < 1.29 is 22.9 Å². The SMILES string of the molecule is CCO[P+](=O)OP(=O)(O)CC. The van der Waals surface area contributed by atoms with E-state index in [0.717, 1.165) is 0 Å². The van der Waals surface area contributed by atoms with Crippen LogP contribution >= 0.6 is 15.9 Å². The van der Waals surface area contributed by atoms with Gasteiger partial charge in [-0.2, -0.15) is 0 Å². The minimum Gasteiger partial charge on any atom is -0.322 e. The Morgan fingerprint density at radius 3 is 2.45 bits per heavy atom. The van der Waals surface area contributed by atoms with Gasteiger partial charge < -0.3 is 4.89 Å². The molecule has 0 aliphatic heterocycles. The fourth-order valence-electron chi connectivity index (χ4n) is 0.291. The van der Waals surface area contributed by atoms with E-state index in [0.29, 0.717) is 0 Å². The van der Waals surface area contributed by atoms with Gasteiger partial charge in [0.25, 0.3) is 0 Å². The van der Waals surface area contributed by atoms with E-state index in [2.05, 4.69) is 8.83 Å². The molecule has 0 saturated heterocycles. The zero-order chi connectivity index (χ0) is 8.91. The Hall–Kier alpha value is 0.210. The molecule has 2 unspecified atom stereocenters. The second-order valence-corrected chi connectivity index (χ2v) is 4.94. The molecular formula is C4H11O5P2+. The van der Waals surface area contributed by atoms with Crippen LogP contribution in [0.25, 0.3) is 0 Å². The summed E-state index contributed by atoms with van der Waals surface area (Å²) in [7, 11) is -6.11. The van der Waals surface area contributed by atoms with Gasteiger partial charge in [-0.15, -0.1) is 4.52 Å². The first-order valence-electron chi connectivity index (χ1n) is 3.13. The van der Waals surface area contributed by atoms with E-state index >= 15 is 0 Å². The molecule has 0 amide bonds. The van der Waals surface area contributed by atoms with Gasteiger partial charge >= 0.3 is 15.9 Å². The fourth-order valence-corrected chi connectivity index (χ4v) is 1.99. The molecule has 0 aliphatic rings. The lowest BCUT2D eigenvalue weighted by molar-refractivity contribution is 0.287. The van der Waals surface area contributed by atoms with Crippen LogP contribution in [-0.2, 0) is 18.0 Å². The fraction of sp³-hybridized carbons (Fsp3) is 1.00. The van der Waals surface area contributed by atoms with Gasteiger partial charge in [-0.05, 0) is 11.2 Å². The summed E-state index contributed by atoms with van der Waals surface area (Å²) in [5, 5.41) is 0. The minimum atomic E-state index is -3.67. The summed E-state index contributed by atoms with van der Waals surface area (Å²) in [4.78, 5) is 8.79. The van der Waals surface area contributed by atoms with Crippen LogP contribution in [0.15, 0.2) is 0 Å². The van der Waals surface area contributed by atoms with Crippen molar-refractivity contribution in [1.82, 2.24) is 0 Å². The second kappa shape index (κ2) is 4.96. The van der Waals surface area contributed by atoms with Crippen molar-refractivity contribution in [2.24, 2.45) is 0 Å². The van der Waals surface area contributed by atoms with Crippen LogP contribution in [0.5, 0.6) is 0 Å². The average Bonchev–Trinajstić information content (AvgIpc) is 1.87. The largest absolute Gasteiger partial charge is 0.706 e. The lowest BCUT2D eigenvalue weighted by Crippen LogP contribution is -1.86. The zero-order valence-electron chi connectivity index (χ0n) is 6.39. The Kier molecular flexibility index (Phi) is 5.06. The van der Waals surface area contributed by atoms with Crippen molar-refractivity contribution in [2.45, 2.75) is 13.8 Å². The summed E-state index contributed by atoms with van der Waals surface area (Å²) in [5.74, 6) is 0. The highest BCUT2D eigenvalue weighted by Crippen LogP contribution is 2.50. The monoisotopic (exact) mass is 201 g/mol. The van der Waals surface area contributed by atoms with Crippen molar-refractivity contribution >= 4 is 15.9 Å². The van der Waals surface area contributed by atoms with Crippen LogP contribution in [0.2, 0.25) is 0 Å². The molecule has 0 spiro atoms. The maximum absolute atomic E-state index is 10.7. The first-order chi connectivity index (χ1) is 5.02. The Bertz CT molecular complexity index is 179. The summed E-state index contributed by atoms with van der Waals surface area (Å²) >= 11 is 0. The maximum Gasteiger partial charge on any atom is 0.706 e. The van der Waals surface area contributed by atoms with Gasteiger partial charge in [-0.1, -0.05) is 6.92 Å². The normalized spacial score (nSPS) is 17.5. The average molecular weight is 201 g/mol. The molecular weight excluding hydrogens is 190 g/mol. The first kappa shape index (κ1) is 11.2. The third kappa shape index (κ3) is 5.48. The van der Waals surface area contributed by atoms with Crippen molar-refractivity contribution in [1.29, 1.82) is 0 Å². The molecule has 0 saturated carbocycles. The molecule has 0 radical (unpaired) electrons. The van der Waals surface area contributed by atoms with E-state index in [1.807, 2.05) is 0 Å². The van der Waals surface area contributed by atoms with Crippen molar-refractivity contribution in [3.8, 4) is 0 Å². The molecule has 0 aliphatic carbocycles. The molecule has 66 valence electrons. The van der Waals surface area contributed by atoms with Crippen LogP contribution < -0.4 is 0 Å². The summed E-state index contributed by atoms with van der Waals surface area (Å²) < 4.78 is 30.0. The highest BCUT2D eigenvalue weighted by Gasteiger charge is 2.33. The van der Waals surface area contributed by atoms with E-state index in [-0.39, 0.29) is 12.8 Å². The smallest absolute Gasteiger partial charge is 0.322 e. The number of hydrogen-bond acceptors (Lipinski definition) is 4. The lowest BCUT2D eigenvalue weighted by atomic mass is 10.9. The molecule has 0 rings (SSSR count). The number of hydrogen-bond donors (Lipinski definition) is 1. The molecule has 0 aromatic rings. The predicted octanol–water partition coefficient (Wildman–Crippen LogP) is 1.90. The van der Waals surface area contributed by atoms with E-state index in [9.17, 15) is 9.13 Å². The van der Waals surface area contributed by atoms with Gasteiger partial charge in [0, 0.05) is 4.57 Å². The molecule has 0 fully saturated rings. The third-order valence-electron chi connectivity index (χ3n) is 0.828. The second-order valence-electron chi connectivity index (χ2n) is 1.68. The lowest BCUT2D eigenvalue weighted by Gasteiger charge is -1.96. The molecule has 2 atom stereocenters. The van der Waals surface area contributed by atoms with Crippen LogP contribution in [0.1, 0.15) is 13.8 Å². The van der Waals surface area contributed by atoms with Gasteiger partial charge in [-0.3, -0.25) is 4.57 Å². The quantitative estimate of drug-likeness (QED) is 0.687. The van der Waals surface area contributed by atoms with Crippen molar-refractivity contribution in [3.05, 3.63) is 0 Å². The molecule has 1 N–H and O–H groups in total.